The summed E-state index contributed by atoms with van der Waals surface area (Å²) in [4.78, 5) is 23.5. The van der Waals surface area contributed by atoms with Crippen molar-refractivity contribution in [3.05, 3.63) is 12.1 Å². The Morgan fingerprint density at radius 1 is 1.17 bits per heavy atom. The van der Waals surface area contributed by atoms with E-state index < -0.39 is 0 Å². The highest BCUT2D eigenvalue weighted by Gasteiger charge is 2.24. The Kier molecular flexibility index (Phi) is 4.64. The number of H-pyrrole nitrogens is 1. The van der Waals surface area contributed by atoms with Gasteiger partial charge in [0.05, 0.1) is 31.9 Å². The summed E-state index contributed by atoms with van der Waals surface area (Å²) < 4.78 is 15.7. The topological polar surface area (TPSA) is 79.9 Å². The number of rotatable bonds is 4. The zero-order valence-corrected chi connectivity index (χ0v) is 14.2. The smallest absolute Gasteiger partial charge is 0.409 e. The van der Waals surface area contributed by atoms with E-state index in [1.54, 1.807) is 19.1 Å². The summed E-state index contributed by atoms with van der Waals surface area (Å²) in [5.74, 6) is 2.09. The van der Waals surface area contributed by atoms with E-state index in [-0.39, 0.29) is 6.09 Å². The van der Waals surface area contributed by atoms with Crippen molar-refractivity contribution in [2.75, 3.05) is 51.9 Å². The van der Waals surface area contributed by atoms with Crippen LogP contribution in [0, 0.1) is 0 Å². The number of nitrogens with zero attached hydrogens (tertiary/aromatic N) is 3. The summed E-state index contributed by atoms with van der Waals surface area (Å²) in [5, 5.41) is 0. The molecule has 1 N–H and O–H groups in total. The molecule has 1 saturated heterocycles. The molecule has 130 valence electrons. The predicted molar refractivity (Wildman–Crippen MR) is 90.0 cm³/mol. The summed E-state index contributed by atoms with van der Waals surface area (Å²) in [6, 6.07) is 3.72. The fraction of sp³-hybridized carbons (Fsp3) is 0.500. The summed E-state index contributed by atoms with van der Waals surface area (Å²) in [7, 11) is 3.21. The van der Waals surface area contributed by atoms with Gasteiger partial charge in [0.25, 0.3) is 0 Å². The van der Waals surface area contributed by atoms with Crippen LogP contribution in [0.4, 0.5) is 10.7 Å². The second-order valence-electron chi connectivity index (χ2n) is 5.46. The number of aromatic nitrogens is 2. The van der Waals surface area contributed by atoms with E-state index in [4.69, 9.17) is 14.2 Å². The standard InChI is InChI=1S/C16H22N4O4/c1-4-24-16(21)20-7-5-19(6-8-20)15-17-11-9-13(22-2)14(23-3)10-12(11)18-15/h9-10H,4-8H2,1-3H3,(H,17,18). The monoisotopic (exact) mass is 334 g/mol. The van der Waals surface area contributed by atoms with E-state index in [9.17, 15) is 4.79 Å². The maximum absolute atomic E-state index is 11.8. The van der Waals surface area contributed by atoms with Gasteiger partial charge in [-0.3, -0.25) is 0 Å². The summed E-state index contributed by atoms with van der Waals surface area (Å²) >= 11 is 0. The lowest BCUT2D eigenvalue weighted by atomic mass is 10.3. The van der Waals surface area contributed by atoms with Crippen molar-refractivity contribution in [2.45, 2.75) is 6.92 Å². The van der Waals surface area contributed by atoms with Gasteiger partial charge in [0, 0.05) is 38.3 Å². The maximum atomic E-state index is 11.8. The summed E-state index contributed by atoms with van der Waals surface area (Å²) in [5.41, 5.74) is 1.70. The maximum Gasteiger partial charge on any atom is 0.409 e. The minimum Gasteiger partial charge on any atom is -0.493 e. The lowest BCUT2D eigenvalue weighted by molar-refractivity contribution is 0.105. The minimum atomic E-state index is -0.253. The van der Waals surface area contributed by atoms with Crippen LogP contribution in [0.2, 0.25) is 0 Å². The lowest BCUT2D eigenvalue weighted by Gasteiger charge is -2.33. The molecule has 1 aliphatic rings. The molecule has 0 radical (unpaired) electrons. The Labute approximate surface area is 140 Å². The zero-order chi connectivity index (χ0) is 17.1. The number of piperazine rings is 1. The Bertz CT molecular complexity index is 681. The number of nitrogens with one attached hydrogen (secondary N) is 1. The summed E-state index contributed by atoms with van der Waals surface area (Å²) in [6.07, 6.45) is -0.253. The molecular weight excluding hydrogens is 312 g/mol. The van der Waals surface area contributed by atoms with Crippen molar-refractivity contribution in [3.8, 4) is 11.5 Å². The normalized spacial score (nSPS) is 14.8. The molecule has 0 atom stereocenters. The third-order valence-electron chi connectivity index (χ3n) is 4.08. The summed E-state index contributed by atoms with van der Waals surface area (Å²) in [6.45, 7) is 4.84. The Balaban J connectivity index is 1.75. The Morgan fingerprint density at radius 2 is 1.83 bits per heavy atom. The van der Waals surface area contributed by atoms with Gasteiger partial charge in [-0.15, -0.1) is 0 Å². The number of hydrogen-bond donors (Lipinski definition) is 1. The highest BCUT2D eigenvalue weighted by molar-refractivity contribution is 5.82. The number of fused-ring (bicyclic) bond motifs is 1. The van der Waals surface area contributed by atoms with Crippen LogP contribution in [-0.2, 0) is 4.74 Å². The van der Waals surface area contributed by atoms with Gasteiger partial charge in [-0.1, -0.05) is 0 Å². The van der Waals surface area contributed by atoms with Gasteiger partial charge >= 0.3 is 6.09 Å². The van der Waals surface area contributed by atoms with Crippen LogP contribution in [0.15, 0.2) is 12.1 Å². The lowest BCUT2D eigenvalue weighted by Crippen LogP contribution is -2.49. The van der Waals surface area contributed by atoms with Crippen LogP contribution < -0.4 is 14.4 Å². The minimum absolute atomic E-state index is 0.253. The molecule has 2 heterocycles. The molecule has 3 rings (SSSR count). The van der Waals surface area contributed by atoms with Crippen molar-refractivity contribution in [3.63, 3.8) is 0 Å². The van der Waals surface area contributed by atoms with Crippen LogP contribution in [0.25, 0.3) is 11.0 Å². The van der Waals surface area contributed by atoms with Crippen molar-refractivity contribution in [2.24, 2.45) is 0 Å². The molecule has 0 spiro atoms. The number of imidazole rings is 1. The molecule has 1 aromatic heterocycles. The van der Waals surface area contributed by atoms with Crippen LogP contribution in [0.5, 0.6) is 11.5 Å². The number of hydrogen-bond acceptors (Lipinski definition) is 6. The van der Waals surface area contributed by atoms with Crippen molar-refractivity contribution < 1.29 is 19.0 Å². The SMILES string of the molecule is CCOC(=O)N1CCN(c2nc3cc(OC)c(OC)cc3[nH]2)CC1. The molecule has 0 aliphatic carbocycles. The van der Waals surface area contributed by atoms with E-state index in [1.165, 1.54) is 0 Å². The fourth-order valence-electron chi connectivity index (χ4n) is 2.79. The molecule has 1 aliphatic heterocycles. The number of amides is 1. The van der Waals surface area contributed by atoms with Crippen LogP contribution in [-0.4, -0.2) is 68.0 Å². The largest absolute Gasteiger partial charge is 0.493 e. The van der Waals surface area contributed by atoms with E-state index in [0.717, 1.165) is 17.0 Å². The van der Waals surface area contributed by atoms with Gasteiger partial charge in [0.1, 0.15) is 0 Å². The van der Waals surface area contributed by atoms with Crippen LogP contribution in [0.3, 0.4) is 0 Å². The first-order valence-corrected chi connectivity index (χ1v) is 7.94. The average molecular weight is 334 g/mol. The van der Waals surface area contributed by atoms with Crippen molar-refractivity contribution >= 4 is 23.1 Å². The zero-order valence-electron chi connectivity index (χ0n) is 14.2. The number of benzene rings is 1. The molecule has 1 amide bonds. The van der Waals surface area contributed by atoms with Gasteiger partial charge in [0.15, 0.2) is 11.5 Å². The number of carbonyl (C=O) groups excluding carboxylic acids is 1. The van der Waals surface area contributed by atoms with E-state index in [1.807, 2.05) is 19.1 Å². The molecule has 1 aromatic carbocycles. The van der Waals surface area contributed by atoms with Gasteiger partial charge in [-0.25, -0.2) is 9.78 Å². The van der Waals surface area contributed by atoms with Crippen LogP contribution >= 0.6 is 0 Å². The van der Waals surface area contributed by atoms with Crippen molar-refractivity contribution in [1.29, 1.82) is 0 Å². The van der Waals surface area contributed by atoms with Crippen LogP contribution in [0.1, 0.15) is 6.92 Å². The first kappa shape index (κ1) is 16.2. The average Bonchev–Trinajstić information content (AvgIpc) is 3.03. The number of ether oxygens (including phenoxy) is 3. The van der Waals surface area contributed by atoms with Gasteiger partial charge in [0.2, 0.25) is 5.95 Å². The molecule has 0 saturated carbocycles. The molecule has 2 aromatic rings. The predicted octanol–water partition coefficient (Wildman–Crippen LogP) is 1.86. The Hall–Kier alpha value is -2.64. The second kappa shape index (κ2) is 6.86. The number of anilines is 1. The first-order chi connectivity index (χ1) is 11.7. The fourth-order valence-corrected chi connectivity index (χ4v) is 2.79. The van der Waals surface area contributed by atoms with E-state index in [2.05, 4.69) is 14.9 Å². The molecular formula is C16H22N4O4. The Morgan fingerprint density at radius 3 is 2.46 bits per heavy atom. The van der Waals surface area contributed by atoms with Gasteiger partial charge < -0.3 is 29.0 Å². The van der Waals surface area contributed by atoms with E-state index in [0.29, 0.717) is 44.3 Å². The molecule has 0 bridgehead atoms. The van der Waals surface area contributed by atoms with Gasteiger partial charge in [-0.05, 0) is 6.92 Å². The molecule has 1 fully saturated rings. The molecule has 8 nitrogen and oxygen atoms in total. The first-order valence-electron chi connectivity index (χ1n) is 7.94. The number of carbonyl (C=O) groups is 1. The van der Waals surface area contributed by atoms with Gasteiger partial charge in [-0.2, -0.15) is 0 Å². The number of methoxy groups -OCH3 is 2. The second-order valence-corrected chi connectivity index (χ2v) is 5.46. The third-order valence-corrected chi connectivity index (χ3v) is 4.08. The quantitative estimate of drug-likeness (QED) is 0.919. The highest BCUT2D eigenvalue weighted by atomic mass is 16.6. The molecule has 24 heavy (non-hydrogen) atoms. The van der Waals surface area contributed by atoms with E-state index >= 15 is 0 Å². The highest BCUT2D eigenvalue weighted by Crippen LogP contribution is 2.32. The molecule has 0 unspecified atom stereocenters. The number of aromatic amines is 1. The molecule has 8 heteroatoms. The third kappa shape index (κ3) is 3.04. The van der Waals surface area contributed by atoms with Crippen molar-refractivity contribution in [1.82, 2.24) is 14.9 Å².